The molecule has 10 heavy (non-hydrogen) atoms. The van der Waals surface area contributed by atoms with Gasteiger partial charge >= 0.3 is 0 Å². The van der Waals surface area contributed by atoms with Crippen LogP contribution in [-0.4, -0.2) is 35.3 Å². The molecule has 1 N–H and O–H groups in total. The van der Waals surface area contributed by atoms with Crippen molar-refractivity contribution in [3.63, 3.8) is 0 Å². The highest BCUT2D eigenvalue weighted by atomic mass is 16.4. The second-order valence-corrected chi connectivity index (χ2v) is 2.31. The van der Waals surface area contributed by atoms with Crippen molar-refractivity contribution in [3.05, 3.63) is 0 Å². The zero-order valence-corrected chi connectivity index (χ0v) is 5.66. The fourth-order valence-electron chi connectivity index (χ4n) is 0.988. The highest BCUT2D eigenvalue weighted by Crippen LogP contribution is 2.03. The molecule has 0 aliphatic carbocycles. The second kappa shape index (κ2) is 3.20. The minimum absolute atomic E-state index is 0.683. The van der Waals surface area contributed by atoms with Crippen LogP contribution in [0.2, 0.25) is 0 Å². The molecule has 4 nitrogen and oxygen atoms in total. The Balaban J connectivity index is 2.37. The molecule has 0 radical (unpaired) electrons. The second-order valence-electron chi connectivity index (χ2n) is 2.31. The average molecular weight is 142 g/mol. The summed E-state index contributed by atoms with van der Waals surface area (Å²) < 4.78 is 0. The van der Waals surface area contributed by atoms with Gasteiger partial charge < -0.3 is 10.1 Å². The first kappa shape index (κ1) is 7.05. The number of nitrogens with zero attached hydrogens (tertiary/aromatic N) is 2. The van der Waals surface area contributed by atoms with Gasteiger partial charge in [-0.3, -0.25) is 4.79 Å². The topological polar surface area (TPSA) is 52.9 Å². The molecular formula is C6H10N2O2. The van der Waals surface area contributed by atoms with E-state index in [1.807, 2.05) is 0 Å². The number of likely N-dealkylation sites (tertiary alicyclic amines) is 1. The van der Waals surface area contributed by atoms with Crippen LogP contribution in [0.25, 0.3) is 0 Å². The molecule has 0 spiro atoms. The van der Waals surface area contributed by atoms with Crippen LogP contribution in [0.1, 0.15) is 12.8 Å². The summed E-state index contributed by atoms with van der Waals surface area (Å²) in [5.74, 6) is 0. The number of rotatable bonds is 1. The Morgan fingerprint density at radius 1 is 1.50 bits per heavy atom. The SMILES string of the molecule is O=CN1CCC(=NO)CC1. The molecule has 1 heterocycles. The van der Waals surface area contributed by atoms with E-state index >= 15 is 0 Å². The molecule has 0 aromatic carbocycles. The molecule has 1 aliphatic rings. The zero-order chi connectivity index (χ0) is 7.40. The summed E-state index contributed by atoms with van der Waals surface area (Å²) in [6.45, 7) is 1.37. The summed E-state index contributed by atoms with van der Waals surface area (Å²) in [7, 11) is 0. The van der Waals surface area contributed by atoms with Gasteiger partial charge in [-0.25, -0.2) is 0 Å². The van der Waals surface area contributed by atoms with Crippen molar-refractivity contribution in [2.75, 3.05) is 13.1 Å². The number of oxime groups is 1. The molecule has 4 heteroatoms. The van der Waals surface area contributed by atoms with Crippen molar-refractivity contribution in [1.29, 1.82) is 0 Å². The maximum Gasteiger partial charge on any atom is 0.209 e. The highest BCUT2D eigenvalue weighted by molar-refractivity contribution is 5.85. The van der Waals surface area contributed by atoms with Gasteiger partial charge in [0.05, 0.1) is 5.71 Å². The average Bonchev–Trinajstić information content (AvgIpc) is 2.05. The van der Waals surface area contributed by atoms with Gasteiger partial charge in [-0.1, -0.05) is 5.16 Å². The first-order valence-electron chi connectivity index (χ1n) is 3.26. The molecule has 1 saturated heterocycles. The molecule has 1 rings (SSSR count). The van der Waals surface area contributed by atoms with Gasteiger partial charge in [0.25, 0.3) is 0 Å². The van der Waals surface area contributed by atoms with E-state index < -0.39 is 0 Å². The maximum atomic E-state index is 10.2. The van der Waals surface area contributed by atoms with E-state index in [-0.39, 0.29) is 0 Å². The number of hydrogen-bond donors (Lipinski definition) is 1. The predicted molar refractivity (Wildman–Crippen MR) is 36.1 cm³/mol. The van der Waals surface area contributed by atoms with E-state index in [0.29, 0.717) is 25.9 Å². The van der Waals surface area contributed by atoms with E-state index in [0.717, 1.165) is 12.1 Å². The van der Waals surface area contributed by atoms with Gasteiger partial charge in [0.1, 0.15) is 0 Å². The van der Waals surface area contributed by atoms with E-state index in [1.54, 1.807) is 4.90 Å². The lowest BCUT2D eigenvalue weighted by molar-refractivity contribution is -0.118. The van der Waals surface area contributed by atoms with Crippen molar-refractivity contribution in [3.8, 4) is 0 Å². The van der Waals surface area contributed by atoms with E-state index in [2.05, 4.69) is 5.16 Å². The summed E-state index contributed by atoms with van der Waals surface area (Å²) >= 11 is 0. The number of piperidine rings is 1. The molecule has 56 valence electrons. The minimum atomic E-state index is 0.683. The molecule has 1 fully saturated rings. The van der Waals surface area contributed by atoms with Crippen LogP contribution in [0.3, 0.4) is 0 Å². The third-order valence-corrected chi connectivity index (χ3v) is 1.67. The van der Waals surface area contributed by atoms with Crippen molar-refractivity contribution in [2.24, 2.45) is 5.16 Å². The fraction of sp³-hybridized carbons (Fsp3) is 0.667. The standard InChI is InChI=1S/C6H10N2O2/c9-5-8-3-1-6(7-10)2-4-8/h5,10H,1-4H2. The fourth-order valence-corrected chi connectivity index (χ4v) is 0.988. The number of hydrogen-bond acceptors (Lipinski definition) is 3. The predicted octanol–water partition coefficient (Wildman–Crippen LogP) is 0.0688. The first-order valence-corrected chi connectivity index (χ1v) is 3.26. The van der Waals surface area contributed by atoms with Crippen LogP contribution in [0, 0.1) is 0 Å². The van der Waals surface area contributed by atoms with Gasteiger partial charge in [0.15, 0.2) is 0 Å². The molecule has 0 atom stereocenters. The van der Waals surface area contributed by atoms with Crippen molar-refractivity contribution in [2.45, 2.75) is 12.8 Å². The number of carbonyl (C=O) groups excluding carboxylic acids is 1. The third kappa shape index (κ3) is 1.46. The van der Waals surface area contributed by atoms with E-state index in [4.69, 9.17) is 5.21 Å². The molecule has 0 unspecified atom stereocenters. The smallest absolute Gasteiger partial charge is 0.209 e. The lowest BCUT2D eigenvalue weighted by Gasteiger charge is -2.22. The van der Waals surface area contributed by atoms with Crippen molar-refractivity contribution < 1.29 is 10.0 Å². The van der Waals surface area contributed by atoms with Crippen molar-refractivity contribution in [1.82, 2.24) is 4.90 Å². The Labute approximate surface area is 59.1 Å². The monoisotopic (exact) mass is 142 g/mol. The van der Waals surface area contributed by atoms with Crippen LogP contribution in [0.4, 0.5) is 0 Å². The molecule has 0 aromatic heterocycles. The lowest BCUT2D eigenvalue weighted by Crippen LogP contribution is -2.32. The molecule has 1 aliphatic heterocycles. The van der Waals surface area contributed by atoms with E-state index in [9.17, 15) is 4.79 Å². The Morgan fingerprint density at radius 3 is 2.50 bits per heavy atom. The quantitative estimate of drug-likeness (QED) is 0.320. The molecule has 1 amide bonds. The minimum Gasteiger partial charge on any atom is -0.411 e. The normalized spacial score (nSPS) is 18.8. The van der Waals surface area contributed by atoms with Gasteiger partial charge in [0.2, 0.25) is 6.41 Å². The molecular weight excluding hydrogens is 132 g/mol. The first-order chi connectivity index (χ1) is 4.86. The Bertz CT molecular complexity index is 146. The zero-order valence-electron chi connectivity index (χ0n) is 5.66. The highest BCUT2D eigenvalue weighted by Gasteiger charge is 2.12. The summed E-state index contributed by atoms with van der Waals surface area (Å²) in [6, 6.07) is 0. The van der Waals surface area contributed by atoms with Gasteiger partial charge in [-0.05, 0) is 0 Å². The van der Waals surface area contributed by atoms with Crippen LogP contribution < -0.4 is 0 Å². The Hall–Kier alpha value is -1.06. The molecule has 0 aromatic rings. The number of carbonyl (C=O) groups is 1. The summed E-state index contributed by atoms with van der Waals surface area (Å²) in [6.07, 6.45) is 2.23. The molecule has 0 saturated carbocycles. The largest absolute Gasteiger partial charge is 0.411 e. The number of amides is 1. The van der Waals surface area contributed by atoms with Gasteiger partial charge in [-0.2, -0.15) is 0 Å². The van der Waals surface area contributed by atoms with Gasteiger partial charge in [-0.15, -0.1) is 0 Å². The van der Waals surface area contributed by atoms with Gasteiger partial charge in [0, 0.05) is 25.9 Å². The van der Waals surface area contributed by atoms with Crippen molar-refractivity contribution >= 4 is 12.1 Å². The lowest BCUT2D eigenvalue weighted by atomic mass is 10.1. The Morgan fingerprint density at radius 2 is 2.10 bits per heavy atom. The maximum absolute atomic E-state index is 10.2. The van der Waals surface area contributed by atoms with Crippen LogP contribution in [0.5, 0.6) is 0 Å². The summed E-state index contributed by atoms with van der Waals surface area (Å²) in [5, 5.41) is 11.4. The molecule has 0 bridgehead atoms. The van der Waals surface area contributed by atoms with E-state index in [1.165, 1.54) is 0 Å². The van der Waals surface area contributed by atoms with Crippen LogP contribution in [0.15, 0.2) is 5.16 Å². The summed E-state index contributed by atoms with van der Waals surface area (Å²) in [4.78, 5) is 11.9. The summed E-state index contributed by atoms with van der Waals surface area (Å²) in [5.41, 5.74) is 0.790. The Kier molecular flexibility index (Phi) is 2.25. The van der Waals surface area contributed by atoms with Crippen LogP contribution >= 0.6 is 0 Å². The van der Waals surface area contributed by atoms with Crippen LogP contribution in [-0.2, 0) is 4.79 Å². The third-order valence-electron chi connectivity index (χ3n) is 1.67.